The molecule has 20 heteroatoms. The van der Waals surface area contributed by atoms with Gasteiger partial charge in [0, 0.05) is 28.4 Å². The molecule has 0 spiro atoms. The van der Waals surface area contributed by atoms with Gasteiger partial charge in [-0.2, -0.15) is 5.26 Å². The van der Waals surface area contributed by atoms with Crippen molar-refractivity contribution in [2.24, 2.45) is 14.1 Å². The van der Waals surface area contributed by atoms with Crippen molar-refractivity contribution in [3.8, 4) is 17.6 Å². The third-order valence-electron chi connectivity index (χ3n) is 9.36. The Labute approximate surface area is 378 Å². The maximum absolute atomic E-state index is 12.3. The van der Waals surface area contributed by atoms with Crippen molar-refractivity contribution in [2.75, 3.05) is 52.5 Å². The minimum Gasteiger partial charge on any atom is -0.512 e. The molecule has 0 aliphatic heterocycles. The number of amides is 2. The second-order valence-corrected chi connectivity index (χ2v) is 13.5. The first-order valence-electron chi connectivity index (χ1n) is 18.5. The summed E-state index contributed by atoms with van der Waals surface area (Å²) >= 11 is 2.07. The van der Waals surface area contributed by atoms with Gasteiger partial charge in [0.2, 0.25) is 0 Å². The predicted molar refractivity (Wildman–Crippen MR) is 229 cm³/mol. The first-order chi connectivity index (χ1) is 28.5. The molecule has 0 radical (unpaired) electrons. The molecule has 4 N–H and O–H groups in total. The Morgan fingerprint density at radius 1 is 0.705 bits per heavy atom. The molecule has 4 aromatic rings. The number of hydrogen-bond acceptors (Lipinski definition) is 13. The molecule has 61 heavy (non-hydrogen) atoms. The van der Waals surface area contributed by atoms with Gasteiger partial charge in [-0.1, -0.05) is 0 Å². The molecule has 2 aromatic heterocycles. The molecule has 4 rings (SSSR count). The molecular formula is C41H50CuIN8O10. The van der Waals surface area contributed by atoms with Crippen LogP contribution in [0.4, 0.5) is 0 Å². The predicted octanol–water partition coefficient (Wildman–Crippen LogP) is 3.62. The van der Waals surface area contributed by atoms with Crippen LogP contribution in [0.1, 0.15) is 67.8 Å². The number of nitrogens with zero attached hydrogens (tertiary/aromatic N) is 6. The van der Waals surface area contributed by atoms with Gasteiger partial charge in [-0.25, -0.2) is 0 Å². The third kappa shape index (κ3) is 15.2. The number of benzene rings is 2. The Morgan fingerprint density at radius 3 is 1.39 bits per heavy atom. The van der Waals surface area contributed by atoms with Crippen LogP contribution in [-0.2, 0) is 50.2 Å². The molecule has 0 saturated heterocycles. The third-order valence-corrected chi connectivity index (χ3v) is 10.0. The molecule has 0 saturated carbocycles. The summed E-state index contributed by atoms with van der Waals surface area (Å²) in [5.74, 6) is -3.93. The number of quaternary nitrogens is 1. The van der Waals surface area contributed by atoms with E-state index in [0.717, 1.165) is 3.57 Å². The van der Waals surface area contributed by atoms with E-state index in [1.54, 1.807) is 32.0 Å². The number of pyridine rings is 2. The van der Waals surface area contributed by atoms with Crippen molar-refractivity contribution in [1.29, 1.82) is 15.8 Å². The first kappa shape index (κ1) is 57.1. The molecule has 18 nitrogen and oxygen atoms in total. The second-order valence-electron chi connectivity index (χ2n) is 12.3. The van der Waals surface area contributed by atoms with Gasteiger partial charge in [-0.05, 0) is 101 Å². The number of carbonyl (C=O) groups excluding carboxylic acids is 4. The van der Waals surface area contributed by atoms with Crippen molar-refractivity contribution in [3.05, 3.63) is 90.5 Å². The van der Waals surface area contributed by atoms with Crippen LogP contribution in [-0.4, -0.2) is 100 Å². The van der Waals surface area contributed by atoms with E-state index in [-0.39, 0.29) is 47.8 Å². The van der Waals surface area contributed by atoms with E-state index in [9.17, 15) is 39.0 Å². The van der Waals surface area contributed by atoms with Crippen molar-refractivity contribution in [3.63, 3.8) is 0 Å². The summed E-state index contributed by atoms with van der Waals surface area (Å²) in [5.41, 5.74) is -1.10. The number of fused-ring (bicyclic) bond motifs is 2. The van der Waals surface area contributed by atoms with E-state index in [1.807, 2.05) is 6.07 Å². The molecule has 0 aliphatic carbocycles. The van der Waals surface area contributed by atoms with Gasteiger partial charge >= 0.3 is 29.0 Å². The molecule has 0 fully saturated rings. The number of aryl methyl sites for hydroxylation is 2. The number of aromatic nitrogens is 2. The average molecular weight is 1010 g/mol. The number of ether oxygens (including phenoxy) is 2. The Bertz CT molecular complexity index is 2330. The van der Waals surface area contributed by atoms with Crippen LogP contribution < -0.4 is 21.8 Å². The summed E-state index contributed by atoms with van der Waals surface area (Å²) in [6.45, 7) is 26.5. The van der Waals surface area contributed by atoms with Crippen LogP contribution in [0.2, 0.25) is 0 Å². The topological polar surface area (TPSA) is 267 Å². The van der Waals surface area contributed by atoms with Crippen molar-refractivity contribution in [2.45, 2.75) is 41.5 Å². The zero-order chi connectivity index (χ0) is 46.3. The van der Waals surface area contributed by atoms with Crippen molar-refractivity contribution < 1.29 is 60.4 Å². The molecule has 332 valence electrons. The van der Waals surface area contributed by atoms with Crippen LogP contribution >= 0.6 is 22.6 Å². The largest absolute Gasteiger partial charge is 1.00 e. The Hall–Kier alpha value is -5.98. The molecule has 2 amide bonds. The quantitative estimate of drug-likeness (QED) is 0.0520. The van der Waals surface area contributed by atoms with Gasteiger partial charge in [0.25, 0.3) is 22.9 Å². The Morgan fingerprint density at radius 2 is 1.07 bits per heavy atom. The van der Waals surface area contributed by atoms with E-state index >= 15 is 0 Å². The molecule has 2 heterocycles. The standard InChI is InChI=1S/C16H15N3O5.C15H15IN2O5.C8H20N.2CN.Cu/c1-3-24-12(20)8-18-15(22)13-14(21)10-6-9(7-17)4-5-11(10)19(2)16(13)23;1-3-23-11(19)7-17-14(21)12-13(20)9-6-8(16)4-5-10(9)18(2)15(12)22;1-5-9(6-2,7-3)8-4;2*1-2;/h4-6,21H,3,8H2,1-2H3,(H,18,22);4-6,20H,3,7H2,1-2H3,(H,17,21);5-8H2,1-4H3;;;/q;;+1;2*-1;+1. The van der Waals surface area contributed by atoms with E-state index in [4.69, 9.17) is 33.7 Å². The zero-order valence-electron chi connectivity index (χ0n) is 35.1. The molecule has 0 aliphatic rings. The SMILES string of the molecule is CCOC(=O)CNC(=O)c1c(O)c2cc(C#N)ccc2n(C)c1=O.CCOC(=O)CNC(=O)c1c(O)c2cc(I)ccc2n(C)c1=O.CC[N+](CC)(CC)CC.[C-]#N.[C-]#N.[Cu+]. The van der Waals surface area contributed by atoms with Gasteiger partial charge < -0.3 is 67.6 Å². The maximum atomic E-state index is 12.3. The second kappa shape index (κ2) is 28.5. The van der Waals surface area contributed by atoms with Crippen LogP contribution in [0.3, 0.4) is 0 Å². The minimum atomic E-state index is -0.898. The number of carbonyl (C=O) groups is 4. The number of nitrogens with one attached hydrogen (secondary N) is 2. The summed E-state index contributed by atoms with van der Waals surface area (Å²) in [4.78, 5) is 71.6. The van der Waals surface area contributed by atoms with E-state index in [1.165, 1.54) is 72.1 Å². The van der Waals surface area contributed by atoms with Crippen LogP contribution in [0.5, 0.6) is 11.5 Å². The van der Waals surface area contributed by atoms with Gasteiger partial charge in [0.05, 0.1) is 62.1 Å². The van der Waals surface area contributed by atoms with E-state index in [0.29, 0.717) is 16.4 Å². The summed E-state index contributed by atoms with van der Waals surface area (Å²) in [7, 11) is 2.96. The van der Waals surface area contributed by atoms with Crippen molar-refractivity contribution in [1.82, 2.24) is 19.8 Å². The van der Waals surface area contributed by atoms with Gasteiger partial charge in [0.15, 0.2) is 0 Å². The van der Waals surface area contributed by atoms with Crippen LogP contribution in [0, 0.1) is 38.6 Å². The molecule has 2 aromatic carbocycles. The molecular weight excluding hydrogens is 955 g/mol. The van der Waals surface area contributed by atoms with Gasteiger partial charge in [-0.15, -0.1) is 0 Å². The molecule has 0 bridgehead atoms. The van der Waals surface area contributed by atoms with E-state index in [2.05, 4.69) is 65.7 Å². The average Bonchev–Trinajstić information content (AvgIpc) is 3.26. The van der Waals surface area contributed by atoms with Crippen LogP contribution in [0.15, 0.2) is 46.0 Å². The Balaban J connectivity index is 0. The smallest absolute Gasteiger partial charge is 0.512 e. The van der Waals surface area contributed by atoms with Crippen LogP contribution in [0.25, 0.3) is 21.8 Å². The normalized spacial score (nSPS) is 9.84. The summed E-state index contributed by atoms with van der Waals surface area (Å²) in [5, 5.41) is 47.2. The van der Waals surface area contributed by atoms with Gasteiger partial charge in [0.1, 0.15) is 35.7 Å². The Kier molecular flexibility index (Phi) is 26.7. The number of esters is 2. The minimum absolute atomic E-state index is 0. The molecule has 0 atom stereocenters. The van der Waals surface area contributed by atoms with E-state index < -0.39 is 64.0 Å². The summed E-state index contributed by atoms with van der Waals surface area (Å²) in [6, 6.07) is 11.5. The fourth-order valence-corrected chi connectivity index (χ4v) is 6.25. The number of nitriles is 1. The number of rotatable bonds is 12. The summed E-state index contributed by atoms with van der Waals surface area (Å²) < 4.78 is 14.0. The maximum Gasteiger partial charge on any atom is 1.00 e. The first-order valence-corrected chi connectivity index (χ1v) is 19.5. The summed E-state index contributed by atoms with van der Waals surface area (Å²) in [6.07, 6.45) is 0. The fraction of sp³-hybridized carbons (Fsp3) is 0.390. The fourth-order valence-electron chi connectivity index (χ4n) is 5.76. The molecule has 0 unspecified atom stereocenters. The van der Waals surface area contributed by atoms with Crippen molar-refractivity contribution >= 4 is 68.1 Å². The monoisotopic (exact) mass is 1000 g/mol. The number of hydrogen-bond donors (Lipinski definition) is 4. The zero-order valence-corrected chi connectivity index (χ0v) is 38.2. The number of aromatic hydroxyl groups is 2. The number of halogens is 1. The van der Waals surface area contributed by atoms with Gasteiger partial charge in [-0.3, -0.25) is 28.8 Å².